The summed E-state index contributed by atoms with van der Waals surface area (Å²) < 4.78 is 11.7. The van der Waals surface area contributed by atoms with E-state index in [0.717, 1.165) is 77.6 Å². The average Bonchev–Trinajstić information content (AvgIpc) is 3.03. The van der Waals surface area contributed by atoms with Gasteiger partial charge >= 0.3 is 6.01 Å². The van der Waals surface area contributed by atoms with Crippen molar-refractivity contribution in [1.82, 2.24) is 19.8 Å². The molecule has 11 heteroatoms. The predicted molar refractivity (Wildman–Crippen MR) is 169 cm³/mol. The van der Waals surface area contributed by atoms with E-state index < -0.39 is 0 Å². The number of likely N-dealkylation sites (tertiary alicyclic amines) is 1. The zero-order valence-electron chi connectivity index (χ0n) is 24.7. The Bertz CT molecular complexity index is 1620. The summed E-state index contributed by atoms with van der Waals surface area (Å²) >= 11 is 6.70. The van der Waals surface area contributed by atoms with Crippen molar-refractivity contribution < 1.29 is 14.3 Å². The van der Waals surface area contributed by atoms with Crippen LogP contribution < -0.4 is 14.5 Å². The number of hydrogen-bond donors (Lipinski definition) is 0. The van der Waals surface area contributed by atoms with Crippen LogP contribution in [-0.2, 0) is 22.5 Å². The van der Waals surface area contributed by atoms with Crippen LogP contribution in [0.2, 0.25) is 5.02 Å². The van der Waals surface area contributed by atoms with Gasteiger partial charge in [0.1, 0.15) is 5.82 Å². The second-order valence-electron chi connectivity index (χ2n) is 11.9. The van der Waals surface area contributed by atoms with Gasteiger partial charge in [0.15, 0.2) is 0 Å². The standard InChI is InChI=1S/C33H36ClN7O3/c1-2-30(42)41-16-15-40(18-23(41)10-12-35)32-24-11-14-39(27-9-4-7-22-6-3-8-25(34)31(22)27)19-26(24)36-33(37-32)43-17-5-13-38-20-29-28(38)21-44-29/h2-4,6-9,23,28-29H,1,5,10-11,13-21H2/t23-,28?,29?/m0/s1. The number of halogens is 1. The summed E-state index contributed by atoms with van der Waals surface area (Å²) in [5.74, 6) is 0.691. The normalized spacial score (nSPS) is 22.8. The first-order chi connectivity index (χ1) is 21.5. The van der Waals surface area contributed by atoms with Gasteiger partial charge in [0, 0.05) is 55.9 Å². The minimum Gasteiger partial charge on any atom is -0.463 e. The molecule has 0 aliphatic carbocycles. The number of piperazine rings is 1. The number of hydrogen-bond acceptors (Lipinski definition) is 9. The molecule has 0 spiro atoms. The van der Waals surface area contributed by atoms with Crippen molar-refractivity contribution in [3.8, 4) is 12.1 Å². The minimum absolute atomic E-state index is 0.148. The molecular weight excluding hydrogens is 578 g/mol. The molecule has 10 nitrogen and oxygen atoms in total. The van der Waals surface area contributed by atoms with Crippen LogP contribution in [0.4, 0.5) is 11.5 Å². The molecule has 4 aliphatic heterocycles. The van der Waals surface area contributed by atoms with Crippen LogP contribution in [0.3, 0.4) is 0 Å². The summed E-state index contributed by atoms with van der Waals surface area (Å²) in [6, 6.07) is 15.2. The Morgan fingerprint density at radius 1 is 1.16 bits per heavy atom. The van der Waals surface area contributed by atoms with Crippen LogP contribution >= 0.6 is 11.6 Å². The highest BCUT2D eigenvalue weighted by atomic mass is 35.5. The van der Waals surface area contributed by atoms with E-state index in [4.69, 9.17) is 31.0 Å². The van der Waals surface area contributed by atoms with Crippen LogP contribution in [0.5, 0.6) is 6.01 Å². The first-order valence-electron chi connectivity index (χ1n) is 15.4. The third kappa shape index (κ3) is 5.34. The lowest BCUT2D eigenvalue weighted by molar-refractivity contribution is -0.214. The van der Waals surface area contributed by atoms with Gasteiger partial charge in [-0.2, -0.15) is 15.2 Å². The molecule has 5 heterocycles. The monoisotopic (exact) mass is 613 g/mol. The third-order valence-corrected chi connectivity index (χ3v) is 9.69. The highest BCUT2D eigenvalue weighted by Crippen LogP contribution is 2.37. The molecule has 1 amide bonds. The highest BCUT2D eigenvalue weighted by Gasteiger charge is 2.46. The number of carbonyl (C=O) groups excluding carboxylic acids is 1. The zero-order valence-corrected chi connectivity index (χ0v) is 25.5. The van der Waals surface area contributed by atoms with E-state index in [1.165, 1.54) is 6.08 Å². The lowest BCUT2D eigenvalue weighted by Crippen LogP contribution is -2.70. The Kier molecular flexibility index (Phi) is 8.02. The molecule has 7 rings (SSSR count). The number of ether oxygens (including phenoxy) is 2. The first kappa shape index (κ1) is 28.8. The first-order valence-corrected chi connectivity index (χ1v) is 15.8. The average molecular weight is 614 g/mol. The molecule has 0 saturated carbocycles. The molecule has 3 atom stereocenters. The molecular formula is C33H36ClN7O3. The molecule has 0 bridgehead atoms. The Labute approximate surface area is 262 Å². The summed E-state index contributed by atoms with van der Waals surface area (Å²) in [6.45, 7) is 9.97. The Balaban J connectivity index is 1.16. The number of fused-ring (bicyclic) bond motifs is 3. The number of nitrogens with zero attached hydrogens (tertiary/aromatic N) is 7. The van der Waals surface area contributed by atoms with Crippen molar-refractivity contribution >= 4 is 39.8 Å². The smallest absolute Gasteiger partial charge is 0.318 e. The Hall–Kier alpha value is -3.91. The largest absolute Gasteiger partial charge is 0.463 e. The highest BCUT2D eigenvalue weighted by molar-refractivity contribution is 6.36. The van der Waals surface area contributed by atoms with E-state index >= 15 is 0 Å². The van der Waals surface area contributed by atoms with Crippen molar-refractivity contribution in [3.05, 3.63) is 65.3 Å². The van der Waals surface area contributed by atoms with Crippen LogP contribution in [0.25, 0.3) is 10.8 Å². The van der Waals surface area contributed by atoms with Crippen molar-refractivity contribution in [1.29, 1.82) is 5.26 Å². The van der Waals surface area contributed by atoms with Gasteiger partial charge in [-0.1, -0.05) is 42.4 Å². The molecule has 4 aliphatic rings. The van der Waals surface area contributed by atoms with Gasteiger partial charge in [-0.15, -0.1) is 0 Å². The second kappa shape index (κ2) is 12.2. The van der Waals surface area contributed by atoms with E-state index in [-0.39, 0.29) is 18.4 Å². The van der Waals surface area contributed by atoms with E-state index in [1.807, 2.05) is 12.1 Å². The Morgan fingerprint density at radius 3 is 2.77 bits per heavy atom. The fourth-order valence-corrected chi connectivity index (χ4v) is 7.22. The number of aromatic nitrogens is 2. The van der Waals surface area contributed by atoms with Gasteiger partial charge in [-0.3, -0.25) is 9.69 Å². The second-order valence-corrected chi connectivity index (χ2v) is 12.3. The van der Waals surface area contributed by atoms with Crippen LogP contribution in [0.1, 0.15) is 24.1 Å². The van der Waals surface area contributed by atoms with E-state index in [1.54, 1.807) is 4.90 Å². The summed E-state index contributed by atoms with van der Waals surface area (Å²) in [6.07, 6.45) is 3.62. The number of benzene rings is 2. The van der Waals surface area contributed by atoms with Gasteiger partial charge in [0.25, 0.3) is 0 Å². The number of anilines is 2. The van der Waals surface area contributed by atoms with Crippen LogP contribution in [-0.4, -0.2) is 96.3 Å². The van der Waals surface area contributed by atoms with Gasteiger partial charge < -0.3 is 24.2 Å². The Morgan fingerprint density at radius 2 is 2.02 bits per heavy atom. The van der Waals surface area contributed by atoms with Crippen LogP contribution in [0.15, 0.2) is 49.1 Å². The topological polar surface area (TPSA) is 98.1 Å². The maximum Gasteiger partial charge on any atom is 0.318 e. The number of carbonyl (C=O) groups is 1. The molecule has 0 N–H and O–H groups in total. The predicted octanol–water partition coefficient (Wildman–Crippen LogP) is 3.81. The molecule has 1 aromatic heterocycles. The van der Waals surface area contributed by atoms with E-state index in [9.17, 15) is 10.1 Å². The molecule has 2 aromatic carbocycles. The molecule has 0 radical (unpaired) electrons. The van der Waals surface area contributed by atoms with Gasteiger partial charge in [-0.05, 0) is 36.4 Å². The number of rotatable bonds is 9. The molecule has 3 saturated heterocycles. The van der Waals surface area contributed by atoms with E-state index in [0.29, 0.717) is 50.9 Å². The van der Waals surface area contributed by atoms with Crippen molar-refractivity contribution in [3.63, 3.8) is 0 Å². The number of nitriles is 1. The van der Waals surface area contributed by atoms with Crippen molar-refractivity contribution in [2.24, 2.45) is 0 Å². The number of amides is 1. The van der Waals surface area contributed by atoms with Crippen molar-refractivity contribution in [2.45, 2.75) is 44.0 Å². The summed E-state index contributed by atoms with van der Waals surface area (Å²) in [5.41, 5.74) is 3.11. The van der Waals surface area contributed by atoms with E-state index in [2.05, 4.69) is 51.6 Å². The summed E-state index contributed by atoms with van der Waals surface area (Å²) in [4.78, 5) is 31.2. The molecule has 3 fully saturated rings. The molecule has 3 aromatic rings. The fourth-order valence-electron chi connectivity index (χ4n) is 6.95. The fraction of sp³-hybridized carbons (Fsp3) is 0.455. The minimum atomic E-state index is -0.247. The summed E-state index contributed by atoms with van der Waals surface area (Å²) in [7, 11) is 0. The molecule has 228 valence electrons. The zero-order chi connectivity index (χ0) is 30.2. The SMILES string of the molecule is C=CC(=O)N1CCN(c2nc(OCCCN3CC4OCC43)nc3c2CCN(c2cccc4cccc(Cl)c24)C3)C[C@@H]1CC#N. The third-order valence-electron chi connectivity index (χ3n) is 9.38. The summed E-state index contributed by atoms with van der Waals surface area (Å²) in [5, 5.41) is 12.4. The maximum absolute atomic E-state index is 12.5. The van der Waals surface area contributed by atoms with Gasteiger partial charge in [-0.25, -0.2) is 0 Å². The quantitative estimate of drug-likeness (QED) is 0.264. The van der Waals surface area contributed by atoms with Gasteiger partial charge in [0.05, 0.1) is 61.2 Å². The lowest BCUT2D eigenvalue weighted by Gasteiger charge is -2.55. The van der Waals surface area contributed by atoms with Crippen molar-refractivity contribution in [2.75, 3.05) is 62.3 Å². The van der Waals surface area contributed by atoms with Crippen LogP contribution in [0, 0.1) is 11.3 Å². The van der Waals surface area contributed by atoms with Gasteiger partial charge in [0.2, 0.25) is 5.91 Å². The molecule has 2 unspecified atom stereocenters. The molecule has 44 heavy (non-hydrogen) atoms. The maximum atomic E-state index is 12.5. The lowest BCUT2D eigenvalue weighted by atomic mass is 9.95. The number of morpholine rings is 1.